The Balaban J connectivity index is 1.64. The lowest BCUT2D eigenvalue weighted by Gasteiger charge is -2.21. The molecule has 0 N–H and O–H groups in total. The summed E-state index contributed by atoms with van der Waals surface area (Å²) in [7, 11) is 1.71. The Morgan fingerprint density at radius 3 is 2.64 bits per heavy atom. The Kier molecular flexibility index (Phi) is 5.11. The van der Waals surface area contributed by atoms with Crippen molar-refractivity contribution in [3.8, 4) is 5.75 Å². The fourth-order valence-corrected chi connectivity index (χ4v) is 3.57. The number of methoxy groups -OCH3 is 1. The predicted molar refractivity (Wildman–Crippen MR) is 91.4 cm³/mol. The average Bonchev–Trinajstić information content (AvgIpc) is 3.30. The molecule has 1 aromatic carbocycles. The molecular weight excluding hydrogens is 292 g/mol. The van der Waals surface area contributed by atoms with E-state index in [-0.39, 0.29) is 0 Å². The SMILES string of the molecule is CCCc1nc(CN(Cc2ccc(OC)cc2)C2CC2)cs1. The molecule has 1 fully saturated rings. The first kappa shape index (κ1) is 15.5. The molecule has 4 heteroatoms. The van der Waals surface area contributed by atoms with Crippen LogP contribution in [-0.4, -0.2) is 23.0 Å². The summed E-state index contributed by atoms with van der Waals surface area (Å²) in [6.45, 7) is 4.17. The molecule has 0 unspecified atom stereocenters. The predicted octanol–water partition coefficient (Wildman–Crippen LogP) is 4.27. The van der Waals surface area contributed by atoms with E-state index in [0.29, 0.717) is 0 Å². The third-order valence-electron chi connectivity index (χ3n) is 4.04. The van der Waals surface area contributed by atoms with Crippen LogP contribution in [0.3, 0.4) is 0 Å². The van der Waals surface area contributed by atoms with Gasteiger partial charge in [0.2, 0.25) is 0 Å². The van der Waals surface area contributed by atoms with E-state index in [9.17, 15) is 0 Å². The van der Waals surface area contributed by atoms with Gasteiger partial charge in [-0.05, 0) is 43.4 Å². The molecule has 0 saturated heterocycles. The van der Waals surface area contributed by atoms with E-state index >= 15 is 0 Å². The van der Waals surface area contributed by atoms with Crippen LogP contribution in [0.1, 0.15) is 42.5 Å². The highest BCUT2D eigenvalue weighted by Gasteiger charge is 2.29. The molecule has 1 aliphatic rings. The van der Waals surface area contributed by atoms with Crippen LogP contribution >= 0.6 is 11.3 Å². The van der Waals surface area contributed by atoms with Gasteiger partial charge in [-0.3, -0.25) is 4.90 Å². The molecular formula is C18H24N2OS. The van der Waals surface area contributed by atoms with Gasteiger partial charge >= 0.3 is 0 Å². The molecule has 0 bridgehead atoms. The molecule has 1 saturated carbocycles. The number of aryl methyl sites for hydroxylation is 1. The van der Waals surface area contributed by atoms with Gasteiger partial charge in [-0.15, -0.1) is 11.3 Å². The molecule has 0 aliphatic heterocycles. The first-order chi connectivity index (χ1) is 10.8. The summed E-state index contributed by atoms with van der Waals surface area (Å²) in [5.74, 6) is 0.922. The van der Waals surface area contributed by atoms with E-state index < -0.39 is 0 Å². The summed E-state index contributed by atoms with van der Waals surface area (Å²) in [5, 5.41) is 3.51. The zero-order chi connectivity index (χ0) is 15.4. The second-order valence-corrected chi connectivity index (χ2v) is 6.91. The van der Waals surface area contributed by atoms with Crippen molar-refractivity contribution < 1.29 is 4.74 Å². The number of benzene rings is 1. The van der Waals surface area contributed by atoms with Crippen LogP contribution in [0, 0.1) is 0 Å². The highest BCUT2D eigenvalue weighted by Crippen LogP contribution is 2.30. The van der Waals surface area contributed by atoms with E-state index in [1.807, 2.05) is 12.1 Å². The lowest BCUT2D eigenvalue weighted by Crippen LogP contribution is -2.25. The minimum Gasteiger partial charge on any atom is -0.497 e. The molecule has 1 aromatic heterocycles. The van der Waals surface area contributed by atoms with Crippen molar-refractivity contribution in [2.24, 2.45) is 0 Å². The maximum absolute atomic E-state index is 5.23. The molecule has 0 radical (unpaired) electrons. The maximum atomic E-state index is 5.23. The van der Waals surface area contributed by atoms with Crippen LogP contribution in [0.25, 0.3) is 0 Å². The first-order valence-corrected chi connectivity index (χ1v) is 8.96. The zero-order valence-corrected chi connectivity index (χ0v) is 14.2. The molecule has 3 nitrogen and oxygen atoms in total. The number of ether oxygens (including phenoxy) is 1. The van der Waals surface area contributed by atoms with Gasteiger partial charge < -0.3 is 4.74 Å². The lowest BCUT2D eigenvalue weighted by atomic mass is 10.2. The molecule has 2 aromatic rings. The first-order valence-electron chi connectivity index (χ1n) is 8.08. The van der Waals surface area contributed by atoms with Crippen LogP contribution in [-0.2, 0) is 19.5 Å². The minimum absolute atomic E-state index is 0.735. The number of hydrogen-bond donors (Lipinski definition) is 0. The molecule has 1 aliphatic carbocycles. The maximum Gasteiger partial charge on any atom is 0.118 e. The summed E-state index contributed by atoms with van der Waals surface area (Å²) in [4.78, 5) is 7.34. The average molecular weight is 316 g/mol. The largest absolute Gasteiger partial charge is 0.497 e. The van der Waals surface area contributed by atoms with Gasteiger partial charge in [0.15, 0.2) is 0 Å². The summed E-state index contributed by atoms with van der Waals surface area (Å²) >= 11 is 1.81. The Morgan fingerprint density at radius 2 is 2.00 bits per heavy atom. The van der Waals surface area contributed by atoms with Crippen molar-refractivity contribution in [1.29, 1.82) is 0 Å². The highest BCUT2D eigenvalue weighted by atomic mass is 32.1. The molecule has 118 valence electrons. The van der Waals surface area contributed by atoms with Crippen molar-refractivity contribution in [2.75, 3.05) is 7.11 Å². The molecule has 0 spiro atoms. The van der Waals surface area contributed by atoms with Gasteiger partial charge in [0.1, 0.15) is 5.75 Å². The third-order valence-corrected chi connectivity index (χ3v) is 4.99. The number of nitrogens with zero attached hydrogens (tertiary/aromatic N) is 2. The Labute approximate surface area is 137 Å². The Morgan fingerprint density at radius 1 is 1.23 bits per heavy atom. The molecule has 1 heterocycles. The van der Waals surface area contributed by atoms with E-state index in [4.69, 9.17) is 9.72 Å². The fourth-order valence-electron chi connectivity index (χ4n) is 2.68. The number of thiazole rings is 1. The fraction of sp³-hybridized carbons (Fsp3) is 0.500. The van der Waals surface area contributed by atoms with Gasteiger partial charge in [0.05, 0.1) is 17.8 Å². The van der Waals surface area contributed by atoms with Gasteiger partial charge in [0, 0.05) is 24.5 Å². The summed E-state index contributed by atoms with van der Waals surface area (Å²) in [5.41, 5.74) is 2.57. The standard InChI is InChI=1S/C18H24N2OS/c1-3-4-18-19-15(13-22-18)12-20(16-7-8-16)11-14-5-9-17(21-2)10-6-14/h5-6,9-10,13,16H,3-4,7-8,11-12H2,1-2H3. The van der Waals surface area contributed by atoms with Crippen LogP contribution in [0.2, 0.25) is 0 Å². The smallest absolute Gasteiger partial charge is 0.118 e. The van der Waals surface area contributed by atoms with Crippen LogP contribution in [0.5, 0.6) is 5.75 Å². The monoisotopic (exact) mass is 316 g/mol. The summed E-state index contributed by atoms with van der Waals surface area (Å²) in [6.07, 6.45) is 4.92. The zero-order valence-electron chi connectivity index (χ0n) is 13.4. The van der Waals surface area contributed by atoms with Crippen molar-refractivity contribution >= 4 is 11.3 Å². The van der Waals surface area contributed by atoms with E-state index in [0.717, 1.165) is 31.3 Å². The molecule has 22 heavy (non-hydrogen) atoms. The Bertz CT molecular complexity index is 589. The lowest BCUT2D eigenvalue weighted by molar-refractivity contribution is 0.243. The van der Waals surface area contributed by atoms with Crippen LogP contribution in [0.15, 0.2) is 29.6 Å². The van der Waals surface area contributed by atoms with E-state index in [1.54, 1.807) is 18.4 Å². The second kappa shape index (κ2) is 7.25. The van der Waals surface area contributed by atoms with Crippen molar-refractivity contribution in [1.82, 2.24) is 9.88 Å². The molecule has 0 amide bonds. The number of aromatic nitrogens is 1. The van der Waals surface area contributed by atoms with Crippen LogP contribution < -0.4 is 4.74 Å². The molecule has 3 rings (SSSR count). The minimum atomic E-state index is 0.735. The van der Waals surface area contributed by atoms with Crippen molar-refractivity contribution in [3.05, 3.63) is 45.9 Å². The van der Waals surface area contributed by atoms with E-state index in [1.165, 1.54) is 35.5 Å². The van der Waals surface area contributed by atoms with Gasteiger partial charge in [-0.25, -0.2) is 4.98 Å². The van der Waals surface area contributed by atoms with Crippen molar-refractivity contribution in [2.45, 2.75) is 51.7 Å². The second-order valence-electron chi connectivity index (χ2n) is 5.97. The van der Waals surface area contributed by atoms with E-state index in [2.05, 4.69) is 29.3 Å². The number of rotatable bonds is 8. The molecule has 0 atom stereocenters. The summed E-state index contributed by atoms with van der Waals surface area (Å²) < 4.78 is 5.23. The van der Waals surface area contributed by atoms with Gasteiger partial charge in [0.25, 0.3) is 0 Å². The summed E-state index contributed by atoms with van der Waals surface area (Å²) in [6, 6.07) is 9.15. The Hall–Kier alpha value is -1.39. The van der Waals surface area contributed by atoms with Crippen LogP contribution in [0.4, 0.5) is 0 Å². The quantitative estimate of drug-likeness (QED) is 0.727. The topological polar surface area (TPSA) is 25.4 Å². The van der Waals surface area contributed by atoms with Gasteiger partial charge in [-0.1, -0.05) is 19.1 Å². The van der Waals surface area contributed by atoms with Crippen molar-refractivity contribution in [3.63, 3.8) is 0 Å². The number of hydrogen-bond acceptors (Lipinski definition) is 4. The highest BCUT2D eigenvalue weighted by molar-refractivity contribution is 7.09. The van der Waals surface area contributed by atoms with Gasteiger partial charge in [-0.2, -0.15) is 0 Å². The normalized spacial score (nSPS) is 14.5. The third kappa shape index (κ3) is 4.08.